The molecule has 1 fully saturated rings. The Morgan fingerprint density at radius 1 is 1.12 bits per heavy atom. The van der Waals surface area contributed by atoms with Crippen LogP contribution in [0.2, 0.25) is 0 Å². The fourth-order valence-electron chi connectivity index (χ4n) is 4.13. The Morgan fingerprint density at radius 2 is 1.96 bits per heavy atom. The third kappa shape index (κ3) is 3.49. The van der Waals surface area contributed by atoms with Crippen LogP contribution >= 0.6 is 0 Å². The first-order valence-electron chi connectivity index (χ1n) is 9.86. The van der Waals surface area contributed by atoms with E-state index in [1.165, 1.54) is 53.1 Å². The molecule has 3 aromatic rings. The number of nitrogens with one attached hydrogen (secondary N) is 2. The van der Waals surface area contributed by atoms with E-state index in [9.17, 15) is 0 Å². The van der Waals surface area contributed by atoms with E-state index in [1.807, 2.05) is 6.08 Å². The largest absolute Gasteiger partial charge is 0.493 e. The van der Waals surface area contributed by atoms with Gasteiger partial charge in [-0.2, -0.15) is 0 Å². The van der Waals surface area contributed by atoms with Gasteiger partial charge in [-0.05, 0) is 50.4 Å². The van der Waals surface area contributed by atoms with Gasteiger partial charge < -0.3 is 15.0 Å². The molecule has 0 bridgehead atoms. The van der Waals surface area contributed by atoms with E-state index in [4.69, 9.17) is 4.74 Å². The summed E-state index contributed by atoms with van der Waals surface area (Å²) in [6, 6.07) is 13.5. The summed E-state index contributed by atoms with van der Waals surface area (Å²) in [5.74, 6) is 0.977. The van der Waals surface area contributed by atoms with Gasteiger partial charge in [0.15, 0.2) is 0 Å². The van der Waals surface area contributed by atoms with Crippen LogP contribution in [0.4, 0.5) is 0 Å². The second kappa shape index (κ2) is 7.96. The van der Waals surface area contributed by atoms with Crippen molar-refractivity contribution in [2.24, 2.45) is 0 Å². The highest BCUT2D eigenvalue weighted by Gasteiger charge is 2.14. The minimum atomic E-state index is 0.731. The lowest BCUT2D eigenvalue weighted by atomic mass is 10.1. The van der Waals surface area contributed by atoms with Crippen LogP contribution in [0.15, 0.2) is 49.1 Å². The van der Waals surface area contributed by atoms with Gasteiger partial charge in [0, 0.05) is 27.9 Å². The first kappa shape index (κ1) is 17.2. The summed E-state index contributed by atoms with van der Waals surface area (Å²) in [6.45, 7) is 5.72. The van der Waals surface area contributed by atoms with Crippen molar-refractivity contribution in [2.45, 2.75) is 44.6 Å². The molecule has 0 unspecified atom stereocenters. The van der Waals surface area contributed by atoms with Crippen molar-refractivity contribution in [3.8, 4) is 5.75 Å². The molecule has 1 heterocycles. The van der Waals surface area contributed by atoms with Crippen LogP contribution in [0.25, 0.3) is 21.8 Å². The second-order valence-corrected chi connectivity index (χ2v) is 7.27. The van der Waals surface area contributed by atoms with Crippen LogP contribution in [-0.2, 0) is 6.42 Å². The Balaban J connectivity index is 1.48. The number of hydrogen-bond donors (Lipinski definition) is 2. The van der Waals surface area contributed by atoms with Crippen LogP contribution < -0.4 is 10.1 Å². The number of allylic oxidation sites excluding steroid dienone is 1. The number of benzene rings is 2. The van der Waals surface area contributed by atoms with Crippen LogP contribution in [0.5, 0.6) is 5.75 Å². The number of aromatic nitrogens is 1. The molecule has 0 amide bonds. The fourth-order valence-corrected chi connectivity index (χ4v) is 4.13. The summed E-state index contributed by atoms with van der Waals surface area (Å²) >= 11 is 0. The van der Waals surface area contributed by atoms with Gasteiger partial charge in [0.1, 0.15) is 5.75 Å². The quantitative estimate of drug-likeness (QED) is 0.425. The maximum absolute atomic E-state index is 6.15. The van der Waals surface area contributed by atoms with E-state index in [0.717, 1.165) is 37.8 Å². The van der Waals surface area contributed by atoms with E-state index in [1.54, 1.807) is 0 Å². The first-order valence-corrected chi connectivity index (χ1v) is 9.86. The molecule has 0 spiro atoms. The number of fused-ring (bicyclic) bond motifs is 3. The number of rotatable bonds is 8. The van der Waals surface area contributed by atoms with Gasteiger partial charge in [0.2, 0.25) is 0 Å². The van der Waals surface area contributed by atoms with Gasteiger partial charge in [-0.1, -0.05) is 37.1 Å². The number of H-pyrrole nitrogens is 1. The van der Waals surface area contributed by atoms with Gasteiger partial charge in [-0.25, -0.2) is 0 Å². The highest BCUT2D eigenvalue weighted by Crippen LogP contribution is 2.33. The average Bonchev–Trinajstić information content (AvgIpc) is 3.30. The Labute approximate surface area is 155 Å². The molecule has 26 heavy (non-hydrogen) atoms. The van der Waals surface area contributed by atoms with E-state index in [0.29, 0.717) is 0 Å². The lowest BCUT2D eigenvalue weighted by molar-refractivity contribution is 0.303. The normalized spacial score (nSPS) is 15.1. The predicted octanol–water partition coefficient (Wildman–Crippen LogP) is 5.35. The molecule has 0 atom stereocenters. The number of aromatic amines is 1. The third-order valence-electron chi connectivity index (χ3n) is 5.46. The van der Waals surface area contributed by atoms with E-state index < -0.39 is 0 Å². The van der Waals surface area contributed by atoms with Crippen LogP contribution in [0.1, 0.15) is 37.7 Å². The summed E-state index contributed by atoms with van der Waals surface area (Å²) in [7, 11) is 0. The maximum Gasteiger partial charge on any atom is 0.124 e. The smallest absolute Gasteiger partial charge is 0.124 e. The molecule has 1 aromatic heterocycles. The van der Waals surface area contributed by atoms with Crippen molar-refractivity contribution in [2.75, 3.05) is 13.2 Å². The third-order valence-corrected chi connectivity index (χ3v) is 5.46. The van der Waals surface area contributed by atoms with Crippen molar-refractivity contribution >= 4 is 21.8 Å². The van der Waals surface area contributed by atoms with Crippen molar-refractivity contribution < 1.29 is 4.74 Å². The van der Waals surface area contributed by atoms with E-state index in [2.05, 4.69) is 53.3 Å². The van der Waals surface area contributed by atoms with E-state index >= 15 is 0 Å². The maximum atomic E-state index is 6.15. The van der Waals surface area contributed by atoms with Crippen molar-refractivity contribution in [3.05, 3.63) is 54.6 Å². The van der Waals surface area contributed by atoms with Gasteiger partial charge >= 0.3 is 0 Å². The summed E-state index contributed by atoms with van der Waals surface area (Å²) in [5, 5.41) is 6.17. The molecule has 2 aromatic carbocycles. The molecule has 4 rings (SSSR count). The molecular weight excluding hydrogens is 320 g/mol. The second-order valence-electron chi connectivity index (χ2n) is 7.27. The number of para-hydroxylation sites is 1. The topological polar surface area (TPSA) is 37.0 Å². The van der Waals surface area contributed by atoms with Crippen molar-refractivity contribution in [1.29, 1.82) is 0 Å². The number of hydrogen-bond acceptors (Lipinski definition) is 2. The zero-order chi connectivity index (χ0) is 17.8. The standard InChI is InChI=1S/C23H28N2O/c1-2-8-20-22(26-16-7-15-24-17-9-3-4-10-17)14-13-19-18-11-5-6-12-21(18)25-23(19)20/h2,5-6,11-14,17,24-25H,1,3-4,7-10,15-16H2. The van der Waals surface area contributed by atoms with Gasteiger partial charge in [0.05, 0.1) is 12.1 Å². The Bertz CT molecular complexity index is 890. The average molecular weight is 348 g/mol. The van der Waals surface area contributed by atoms with Gasteiger partial charge in [-0.3, -0.25) is 0 Å². The zero-order valence-electron chi connectivity index (χ0n) is 15.4. The molecule has 0 saturated heterocycles. The molecule has 1 saturated carbocycles. The minimum absolute atomic E-state index is 0.731. The number of ether oxygens (including phenoxy) is 1. The summed E-state index contributed by atoms with van der Waals surface area (Å²) in [4.78, 5) is 3.57. The Hall–Kier alpha value is -2.26. The summed E-state index contributed by atoms with van der Waals surface area (Å²) in [5.41, 5.74) is 3.55. The molecule has 3 heteroatoms. The molecule has 1 aliphatic rings. The molecule has 2 N–H and O–H groups in total. The van der Waals surface area contributed by atoms with Crippen LogP contribution in [0.3, 0.4) is 0 Å². The van der Waals surface area contributed by atoms with Crippen molar-refractivity contribution in [1.82, 2.24) is 10.3 Å². The molecule has 136 valence electrons. The Kier molecular flexibility index (Phi) is 5.26. The molecule has 1 aliphatic carbocycles. The molecule has 0 aliphatic heterocycles. The molecular formula is C23H28N2O. The highest BCUT2D eigenvalue weighted by molar-refractivity contribution is 6.08. The monoisotopic (exact) mass is 348 g/mol. The predicted molar refractivity (Wildman–Crippen MR) is 110 cm³/mol. The SMILES string of the molecule is C=CCc1c(OCCCNC2CCCC2)ccc2c1[nH]c1ccccc12. The fraction of sp³-hybridized carbons (Fsp3) is 0.391. The zero-order valence-corrected chi connectivity index (χ0v) is 15.4. The highest BCUT2D eigenvalue weighted by atomic mass is 16.5. The van der Waals surface area contributed by atoms with Gasteiger partial charge in [-0.15, -0.1) is 6.58 Å². The molecule has 3 nitrogen and oxygen atoms in total. The lowest BCUT2D eigenvalue weighted by Gasteiger charge is -2.14. The van der Waals surface area contributed by atoms with Gasteiger partial charge in [0.25, 0.3) is 0 Å². The van der Waals surface area contributed by atoms with Crippen LogP contribution in [-0.4, -0.2) is 24.2 Å². The minimum Gasteiger partial charge on any atom is -0.493 e. The Morgan fingerprint density at radius 3 is 2.81 bits per heavy atom. The first-order chi connectivity index (χ1) is 12.9. The lowest BCUT2D eigenvalue weighted by Crippen LogP contribution is -2.27. The van der Waals surface area contributed by atoms with Crippen molar-refractivity contribution in [3.63, 3.8) is 0 Å². The van der Waals surface area contributed by atoms with Crippen LogP contribution in [0, 0.1) is 0 Å². The summed E-state index contributed by atoms with van der Waals surface area (Å²) in [6.07, 6.45) is 9.22. The molecule has 0 radical (unpaired) electrons. The summed E-state index contributed by atoms with van der Waals surface area (Å²) < 4.78 is 6.15. The van der Waals surface area contributed by atoms with E-state index in [-0.39, 0.29) is 0 Å².